The Morgan fingerprint density at radius 1 is 1.23 bits per heavy atom. The van der Waals surface area contributed by atoms with Gasteiger partial charge in [0.25, 0.3) is 0 Å². The Labute approximate surface area is 168 Å². The number of rotatable bonds is 6. The summed E-state index contributed by atoms with van der Waals surface area (Å²) >= 11 is 3.17. The van der Waals surface area contributed by atoms with E-state index in [9.17, 15) is 19.5 Å². The first-order valence-corrected chi connectivity index (χ1v) is 9.86. The molecule has 0 bridgehead atoms. The van der Waals surface area contributed by atoms with Crippen molar-refractivity contribution in [3.8, 4) is 0 Å². The van der Waals surface area contributed by atoms with Gasteiger partial charge in [0.15, 0.2) is 6.10 Å². The summed E-state index contributed by atoms with van der Waals surface area (Å²) in [7, 11) is 2.42. The van der Waals surface area contributed by atoms with E-state index in [0.717, 1.165) is 11.8 Å². The molecule has 3 atom stereocenters. The lowest BCUT2D eigenvalue weighted by molar-refractivity contribution is -0.156. The van der Waals surface area contributed by atoms with E-state index in [4.69, 9.17) is 14.2 Å². The monoisotopic (exact) mass is 494 g/mol. The highest BCUT2D eigenvalue weighted by molar-refractivity contribution is 14.1. The maximum atomic E-state index is 12.2. The fraction of sp³-hybridized carbons (Fsp3) is 0.471. The predicted octanol–water partition coefficient (Wildman–Crippen LogP) is 1.66. The molecule has 0 radical (unpaired) electrons. The number of methoxy groups -OCH3 is 2. The van der Waals surface area contributed by atoms with Crippen LogP contribution in [0, 0.1) is 0 Å². The third-order valence-electron chi connectivity index (χ3n) is 4.00. The molecule has 0 saturated carbocycles. The molecule has 1 aromatic carbocycles. The van der Waals surface area contributed by atoms with Crippen molar-refractivity contribution in [2.45, 2.75) is 26.4 Å². The summed E-state index contributed by atoms with van der Waals surface area (Å²) in [5.74, 6) is -2.16. The van der Waals surface area contributed by atoms with Gasteiger partial charge in [-0.1, -0.05) is 52.9 Å². The lowest BCUT2D eigenvalue weighted by Crippen LogP contribution is -2.43. The van der Waals surface area contributed by atoms with Gasteiger partial charge in [0.2, 0.25) is 4.75 Å². The molecular weight excluding hydrogens is 475 g/mol. The standard InChI is InChI=1S/C17H19IO7S/c1-23-15(21)17(16(22)24-2)8-11(18)12(26-17)9-25-14(20)13(19)10-6-4-3-5-7-10/h3-7,11-13,19H,8-9H2,1-2H3/t11-,12-,13?/m0/s1. The molecule has 9 heteroatoms. The summed E-state index contributed by atoms with van der Waals surface area (Å²) in [4.78, 5) is 36.4. The van der Waals surface area contributed by atoms with Crippen molar-refractivity contribution in [2.75, 3.05) is 20.8 Å². The number of hydrogen-bond acceptors (Lipinski definition) is 8. The number of carbonyl (C=O) groups excluding carboxylic acids is 3. The first-order chi connectivity index (χ1) is 12.4. The van der Waals surface area contributed by atoms with Crippen LogP contribution in [0.1, 0.15) is 18.1 Å². The van der Waals surface area contributed by atoms with Crippen LogP contribution >= 0.6 is 34.4 Å². The van der Waals surface area contributed by atoms with Crippen molar-refractivity contribution >= 4 is 52.3 Å². The second kappa shape index (κ2) is 9.05. The lowest BCUT2D eigenvalue weighted by atomic mass is 10.0. The fourth-order valence-electron chi connectivity index (χ4n) is 2.62. The maximum Gasteiger partial charge on any atom is 0.339 e. The molecule has 0 aliphatic carbocycles. The van der Waals surface area contributed by atoms with E-state index in [-0.39, 0.29) is 22.2 Å². The maximum absolute atomic E-state index is 12.2. The SMILES string of the molecule is COC(=O)C1(C(=O)OC)C[C@H](I)[C@H](COC(=O)C(O)c2ccccc2)S1. The lowest BCUT2D eigenvalue weighted by Gasteiger charge is -2.22. The Morgan fingerprint density at radius 3 is 2.35 bits per heavy atom. The first kappa shape index (κ1) is 21.0. The van der Waals surface area contributed by atoms with E-state index < -0.39 is 28.8 Å². The number of benzene rings is 1. The van der Waals surface area contributed by atoms with Crippen molar-refractivity contribution in [1.82, 2.24) is 0 Å². The number of halogens is 1. The molecule has 1 aliphatic heterocycles. The van der Waals surface area contributed by atoms with Crippen molar-refractivity contribution in [2.24, 2.45) is 0 Å². The van der Waals surface area contributed by atoms with E-state index in [1.807, 2.05) is 0 Å². The Morgan fingerprint density at radius 2 is 1.81 bits per heavy atom. The number of esters is 3. The van der Waals surface area contributed by atoms with Gasteiger partial charge in [-0.3, -0.25) is 0 Å². The van der Waals surface area contributed by atoms with Crippen molar-refractivity contribution < 1.29 is 33.7 Å². The summed E-state index contributed by atoms with van der Waals surface area (Å²) in [6, 6.07) is 8.44. The van der Waals surface area contributed by atoms with Gasteiger partial charge in [0.1, 0.15) is 6.61 Å². The summed E-state index contributed by atoms with van der Waals surface area (Å²) in [6.45, 7) is -0.0449. The molecule has 1 N–H and O–H groups in total. The molecule has 1 saturated heterocycles. The molecule has 2 rings (SSSR count). The molecule has 7 nitrogen and oxygen atoms in total. The zero-order valence-corrected chi connectivity index (χ0v) is 17.2. The average molecular weight is 494 g/mol. The van der Waals surface area contributed by atoms with E-state index in [1.54, 1.807) is 30.3 Å². The summed E-state index contributed by atoms with van der Waals surface area (Å²) < 4.78 is 13.2. The van der Waals surface area contributed by atoms with Crippen molar-refractivity contribution in [1.29, 1.82) is 0 Å². The normalized spacial score (nSPS) is 22.3. The first-order valence-electron chi connectivity index (χ1n) is 7.74. The molecule has 1 unspecified atom stereocenters. The minimum Gasteiger partial charge on any atom is -0.468 e. The van der Waals surface area contributed by atoms with Crippen LogP contribution < -0.4 is 0 Å². The van der Waals surface area contributed by atoms with Crippen LogP contribution in [0.5, 0.6) is 0 Å². The molecule has 0 aromatic heterocycles. The highest BCUT2D eigenvalue weighted by atomic mass is 127. The van der Waals surface area contributed by atoms with E-state index >= 15 is 0 Å². The number of alkyl halides is 1. The third kappa shape index (κ3) is 4.32. The summed E-state index contributed by atoms with van der Waals surface area (Å²) in [5.41, 5.74) is 0.432. The third-order valence-corrected chi connectivity index (χ3v) is 7.46. The van der Waals surface area contributed by atoms with Crippen LogP contribution in [0.4, 0.5) is 0 Å². The molecule has 0 amide bonds. The molecule has 1 aromatic rings. The van der Waals surface area contributed by atoms with E-state index in [1.165, 1.54) is 14.2 Å². The molecule has 1 heterocycles. The van der Waals surface area contributed by atoms with Crippen LogP contribution in [0.25, 0.3) is 0 Å². The largest absolute Gasteiger partial charge is 0.468 e. The number of thioether (sulfide) groups is 1. The van der Waals surface area contributed by atoms with Crippen molar-refractivity contribution in [3.63, 3.8) is 0 Å². The van der Waals surface area contributed by atoms with Gasteiger partial charge >= 0.3 is 17.9 Å². The Kier molecular flexibility index (Phi) is 7.30. The van der Waals surface area contributed by atoms with Gasteiger partial charge in [-0.25, -0.2) is 14.4 Å². The van der Waals surface area contributed by atoms with Crippen LogP contribution in [-0.2, 0) is 28.6 Å². The predicted molar refractivity (Wildman–Crippen MR) is 103 cm³/mol. The van der Waals surface area contributed by atoms with Crippen LogP contribution in [0.15, 0.2) is 30.3 Å². The van der Waals surface area contributed by atoms with Gasteiger partial charge in [0.05, 0.1) is 19.5 Å². The highest BCUT2D eigenvalue weighted by Gasteiger charge is 2.58. The minimum absolute atomic E-state index is 0.0449. The molecule has 1 fully saturated rings. The zero-order chi connectivity index (χ0) is 19.3. The second-order valence-electron chi connectivity index (χ2n) is 5.63. The van der Waals surface area contributed by atoms with Gasteiger partial charge in [0, 0.05) is 3.92 Å². The Bertz CT molecular complexity index is 650. The molecule has 0 spiro atoms. The molecule has 142 valence electrons. The van der Waals surface area contributed by atoms with E-state index in [2.05, 4.69) is 22.6 Å². The summed E-state index contributed by atoms with van der Waals surface area (Å²) in [5, 5.41) is 9.73. The number of carbonyl (C=O) groups is 3. The van der Waals surface area contributed by atoms with Crippen LogP contribution in [-0.4, -0.2) is 57.8 Å². The molecular formula is C17H19IO7S. The van der Waals surface area contributed by atoms with Crippen molar-refractivity contribution in [3.05, 3.63) is 35.9 Å². The number of aliphatic hydroxyl groups excluding tert-OH is 1. The smallest absolute Gasteiger partial charge is 0.339 e. The van der Waals surface area contributed by atoms with Crippen LogP contribution in [0.3, 0.4) is 0 Å². The average Bonchev–Trinajstić information content (AvgIpc) is 3.02. The highest BCUT2D eigenvalue weighted by Crippen LogP contribution is 2.48. The van der Waals surface area contributed by atoms with Crippen LogP contribution in [0.2, 0.25) is 0 Å². The number of ether oxygens (including phenoxy) is 3. The topological polar surface area (TPSA) is 99.1 Å². The van der Waals surface area contributed by atoms with Gasteiger partial charge in [-0.2, -0.15) is 0 Å². The number of aliphatic hydroxyl groups is 1. The minimum atomic E-state index is -1.47. The van der Waals surface area contributed by atoms with Gasteiger partial charge in [-0.15, -0.1) is 11.8 Å². The van der Waals surface area contributed by atoms with Gasteiger partial charge < -0.3 is 19.3 Å². The zero-order valence-electron chi connectivity index (χ0n) is 14.2. The fourth-order valence-corrected chi connectivity index (χ4v) is 5.75. The van der Waals surface area contributed by atoms with Gasteiger partial charge in [-0.05, 0) is 12.0 Å². The Balaban J connectivity index is 2.03. The Hall–Kier alpha value is -1.33. The van der Waals surface area contributed by atoms with E-state index in [0.29, 0.717) is 5.56 Å². The molecule has 26 heavy (non-hydrogen) atoms. The molecule has 1 aliphatic rings. The summed E-state index contributed by atoms with van der Waals surface area (Å²) in [6.07, 6.45) is -1.18. The second-order valence-corrected chi connectivity index (χ2v) is 8.77. The quantitative estimate of drug-likeness (QED) is 0.210. The number of hydrogen-bond donors (Lipinski definition) is 1.